The van der Waals surface area contributed by atoms with E-state index in [0.29, 0.717) is 6.07 Å². The number of fused-ring (bicyclic) bond motifs is 3. The molecule has 0 aromatic heterocycles. The van der Waals surface area contributed by atoms with E-state index in [2.05, 4.69) is 5.32 Å². The van der Waals surface area contributed by atoms with Gasteiger partial charge in [0.25, 0.3) is 0 Å². The summed E-state index contributed by atoms with van der Waals surface area (Å²) in [5.74, 6) is -3.94. The lowest BCUT2D eigenvalue weighted by molar-refractivity contribution is -0.142. The standard InChI is InChI=1S/C23H17F2NO3/c24-14-9-13(10-15(25)12-14)11-20(27)26-22(23(28)29)21-18-7-3-1-5-16(18)17-6-2-4-8-19(17)21/h1-10,12,21-22H,11H2,(H,26,27)(H,28,29)/t22-/m0/s1. The lowest BCUT2D eigenvalue weighted by Crippen LogP contribution is -2.45. The van der Waals surface area contributed by atoms with Crippen LogP contribution in [0, 0.1) is 11.6 Å². The number of rotatable bonds is 5. The normalized spacial score (nSPS) is 13.4. The second-order valence-electron chi connectivity index (χ2n) is 6.99. The zero-order chi connectivity index (χ0) is 20.5. The van der Waals surface area contributed by atoms with Crippen molar-refractivity contribution >= 4 is 11.9 Å². The van der Waals surface area contributed by atoms with Gasteiger partial charge in [0.2, 0.25) is 5.91 Å². The molecule has 0 heterocycles. The van der Waals surface area contributed by atoms with Crippen LogP contribution in [0.2, 0.25) is 0 Å². The first kappa shape index (κ1) is 18.8. The highest BCUT2D eigenvalue weighted by Gasteiger charge is 2.38. The van der Waals surface area contributed by atoms with Crippen LogP contribution in [0.4, 0.5) is 8.78 Å². The third-order valence-electron chi connectivity index (χ3n) is 5.08. The first-order valence-corrected chi connectivity index (χ1v) is 9.09. The van der Waals surface area contributed by atoms with Crippen LogP contribution in [-0.4, -0.2) is 23.0 Å². The van der Waals surface area contributed by atoms with Crippen molar-refractivity contribution in [2.45, 2.75) is 18.4 Å². The predicted octanol–water partition coefficient (Wildman–Crippen LogP) is 3.89. The molecule has 4 nitrogen and oxygen atoms in total. The Balaban J connectivity index is 1.65. The van der Waals surface area contributed by atoms with E-state index in [1.54, 1.807) is 0 Å². The van der Waals surface area contributed by atoms with Gasteiger partial charge in [0, 0.05) is 12.0 Å². The third-order valence-corrected chi connectivity index (χ3v) is 5.08. The Bertz CT molecular complexity index is 1050. The van der Waals surface area contributed by atoms with Crippen molar-refractivity contribution in [3.63, 3.8) is 0 Å². The van der Waals surface area contributed by atoms with Crippen molar-refractivity contribution in [2.24, 2.45) is 0 Å². The highest BCUT2D eigenvalue weighted by atomic mass is 19.1. The SMILES string of the molecule is O=C(Cc1cc(F)cc(F)c1)N[C@H](C(=O)O)C1c2ccccc2-c2ccccc21. The number of halogens is 2. The van der Waals surface area contributed by atoms with E-state index in [9.17, 15) is 23.5 Å². The van der Waals surface area contributed by atoms with Crippen LogP contribution in [0.15, 0.2) is 66.7 Å². The molecule has 0 spiro atoms. The van der Waals surface area contributed by atoms with E-state index in [-0.39, 0.29) is 12.0 Å². The van der Waals surface area contributed by atoms with Gasteiger partial charge in [-0.2, -0.15) is 0 Å². The van der Waals surface area contributed by atoms with Crippen molar-refractivity contribution < 1.29 is 23.5 Å². The molecule has 3 aromatic carbocycles. The zero-order valence-corrected chi connectivity index (χ0v) is 15.2. The van der Waals surface area contributed by atoms with E-state index in [1.807, 2.05) is 48.5 Å². The summed E-state index contributed by atoms with van der Waals surface area (Å²) in [6, 6.07) is 16.6. The van der Waals surface area contributed by atoms with E-state index < -0.39 is 35.5 Å². The molecule has 29 heavy (non-hydrogen) atoms. The highest BCUT2D eigenvalue weighted by molar-refractivity contribution is 5.89. The van der Waals surface area contributed by atoms with Crippen LogP contribution in [0.25, 0.3) is 11.1 Å². The van der Waals surface area contributed by atoms with Gasteiger partial charge in [0.15, 0.2) is 0 Å². The fraction of sp³-hybridized carbons (Fsp3) is 0.130. The fourth-order valence-corrected chi connectivity index (χ4v) is 3.96. The van der Waals surface area contributed by atoms with Crippen LogP contribution >= 0.6 is 0 Å². The number of amides is 1. The first-order chi connectivity index (χ1) is 13.9. The number of aliphatic carboxylic acids is 1. The molecule has 4 rings (SSSR count). The van der Waals surface area contributed by atoms with Crippen LogP contribution in [0.5, 0.6) is 0 Å². The van der Waals surface area contributed by atoms with Crippen molar-refractivity contribution in [3.05, 3.63) is 95.1 Å². The van der Waals surface area contributed by atoms with E-state index in [4.69, 9.17) is 0 Å². The molecule has 2 N–H and O–H groups in total. The molecule has 1 aliphatic carbocycles. The molecule has 0 radical (unpaired) electrons. The number of hydrogen-bond acceptors (Lipinski definition) is 2. The maximum atomic E-state index is 13.4. The topological polar surface area (TPSA) is 66.4 Å². The van der Waals surface area contributed by atoms with Crippen molar-refractivity contribution in [1.29, 1.82) is 0 Å². The maximum absolute atomic E-state index is 13.4. The highest BCUT2D eigenvalue weighted by Crippen LogP contribution is 2.46. The Morgan fingerprint density at radius 3 is 1.93 bits per heavy atom. The largest absolute Gasteiger partial charge is 0.480 e. The summed E-state index contributed by atoms with van der Waals surface area (Å²) in [6.07, 6.45) is -0.325. The molecule has 3 aromatic rings. The van der Waals surface area contributed by atoms with Crippen LogP contribution < -0.4 is 5.32 Å². The molecule has 0 bridgehead atoms. The summed E-state index contributed by atoms with van der Waals surface area (Å²) in [5, 5.41) is 12.4. The molecule has 0 fully saturated rings. The number of carboxylic acid groups (broad SMARTS) is 1. The number of benzene rings is 3. The molecule has 0 saturated carbocycles. The zero-order valence-electron chi connectivity index (χ0n) is 15.2. The second-order valence-corrected chi connectivity index (χ2v) is 6.99. The number of hydrogen-bond donors (Lipinski definition) is 2. The number of carbonyl (C=O) groups is 2. The number of nitrogens with one attached hydrogen (secondary N) is 1. The van der Waals surface area contributed by atoms with Crippen molar-refractivity contribution in [1.82, 2.24) is 5.32 Å². The summed E-state index contributed by atoms with van der Waals surface area (Å²) in [7, 11) is 0. The van der Waals surface area contributed by atoms with Gasteiger partial charge in [-0.3, -0.25) is 4.79 Å². The van der Waals surface area contributed by atoms with Gasteiger partial charge >= 0.3 is 5.97 Å². The summed E-state index contributed by atoms with van der Waals surface area (Å²) in [5.41, 5.74) is 3.63. The van der Waals surface area contributed by atoms with Crippen molar-refractivity contribution in [2.75, 3.05) is 0 Å². The van der Waals surface area contributed by atoms with Gasteiger partial charge in [0.05, 0.1) is 6.42 Å². The molecule has 1 atom stereocenters. The van der Waals surface area contributed by atoms with Gasteiger partial charge in [-0.1, -0.05) is 48.5 Å². The number of carbonyl (C=O) groups excluding carboxylic acids is 1. The van der Waals surface area contributed by atoms with E-state index in [0.717, 1.165) is 34.4 Å². The predicted molar refractivity (Wildman–Crippen MR) is 103 cm³/mol. The molecule has 146 valence electrons. The minimum absolute atomic E-state index is 0.136. The molecule has 6 heteroatoms. The Morgan fingerprint density at radius 2 is 1.41 bits per heavy atom. The average Bonchev–Trinajstić information content (AvgIpc) is 2.99. The van der Waals surface area contributed by atoms with Gasteiger partial charge in [-0.05, 0) is 39.9 Å². The van der Waals surface area contributed by atoms with Gasteiger partial charge in [-0.25, -0.2) is 13.6 Å². The molecule has 0 saturated heterocycles. The minimum Gasteiger partial charge on any atom is -0.480 e. The van der Waals surface area contributed by atoms with Gasteiger partial charge in [0.1, 0.15) is 17.7 Å². The van der Waals surface area contributed by atoms with Crippen LogP contribution in [0.3, 0.4) is 0 Å². The Hall–Kier alpha value is -3.54. The Kier molecular flexibility index (Phi) is 4.84. The van der Waals surface area contributed by atoms with Crippen LogP contribution in [-0.2, 0) is 16.0 Å². The van der Waals surface area contributed by atoms with E-state index in [1.165, 1.54) is 0 Å². The molecular weight excluding hydrogens is 376 g/mol. The molecule has 1 amide bonds. The molecular formula is C23H17F2NO3. The van der Waals surface area contributed by atoms with Crippen molar-refractivity contribution in [3.8, 4) is 11.1 Å². The monoisotopic (exact) mass is 393 g/mol. The van der Waals surface area contributed by atoms with Gasteiger partial charge in [-0.15, -0.1) is 0 Å². The molecule has 0 aliphatic heterocycles. The van der Waals surface area contributed by atoms with Crippen LogP contribution in [0.1, 0.15) is 22.6 Å². The third kappa shape index (κ3) is 3.61. The quantitative estimate of drug-likeness (QED) is 0.691. The Morgan fingerprint density at radius 1 is 0.897 bits per heavy atom. The number of carboxylic acids is 1. The first-order valence-electron chi connectivity index (χ1n) is 9.09. The summed E-state index contributed by atoms with van der Waals surface area (Å²) in [4.78, 5) is 24.6. The molecule has 0 unspecified atom stereocenters. The lowest BCUT2D eigenvalue weighted by atomic mass is 9.89. The minimum atomic E-state index is -1.22. The smallest absolute Gasteiger partial charge is 0.327 e. The molecule has 1 aliphatic rings. The van der Waals surface area contributed by atoms with E-state index >= 15 is 0 Å². The summed E-state index contributed by atoms with van der Waals surface area (Å²) in [6.45, 7) is 0. The van der Waals surface area contributed by atoms with Gasteiger partial charge < -0.3 is 10.4 Å². The fourth-order valence-electron chi connectivity index (χ4n) is 3.96. The lowest BCUT2D eigenvalue weighted by Gasteiger charge is -2.23. The second kappa shape index (κ2) is 7.47. The average molecular weight is 393 g/mol. The maximum Gasteiger partial charge on any atom is 0.327 e. The Labute approximate surface area is 165 Å². The summed E-state index contributed by atoms with van der Waals surface area (Å²) >= 11 is 0. The summed E-state index contributed by atoms with van der Waals surface area (Å²) < 4.78 is 26.8.